The van der Waals surface area contributed by atoms with Gasteiger partial charge in [-0.2, -0.15) is 0 Å². The van der Waals surface area contributed by atoms with Crippen molar-refractivity contribution >= 4 is 17.0 Å². The highest BCUT2D eigenvalue weighted by Crippen LogP contribution is 2.30. The molecular formula is C21H16N2O3. The summed E-state index contributed by atoms with van der Waals surface area (Å²) in [6, 6.07) is 22.3. The zero-order valence-corrected chi connectivity index (χ0v) is 14.1. The van der Waals surface area contributed by atoms with Crippen molar-refractivity contribution in [3.63, 3.8) is 0 Å². The Labute approximate surface area is 150 Å². The number of methoxy groups -OCH3 is 1. The molecule has 0 aliphatic carbocycles. The maximum atomic E-state index is 11.4. The minimum Gasteiger partial charge on any atom is -0.497 e. The Balaban J connectivity index is 2.02. The first-order chi connectivity index (χ1) is 12.7. The van der Waals surface area contributed by atoms with Crippen molar-refractivity contribution in [2.24, 2.45) is 0 Å². The Morgan fingerprint density at radius 2 is 1.81 bits per heavy atom. The summed E-state index contributed by atoms with van der Waals surface area (Å²) in [5.41, 5.74) is 3.59. The number of carbonyl (C=O) groups is 1. The fourth-order valence-electron chi connectivity index (χ4n) is 3.01. The molecule has 0 aliphatic rings. The second kappa shape index (κ2) is 6.37. The van der Waals surface area contributed by atoms with Crippen LogP contribution in [0.1, 0.15) is 10.4 Å². The van der Waals surface area contributed by atoms with Crippen LogP contribution in [0.4, 0.5) is 0 Å². The lowest BCUT2D eigenvalue weighted by Crippen LogP contribution is -2.01. The van der Waals surface area contributed by atoms with E-state index in [9.17, 15) is 9.90 Å². The van der Waals surface area contributed by atoms with Crippen LogP contribution in [0.25, 0.3) is 28.1 Å². The SMILES string of the molecule is COc1ccc2c(c1)nc(-c1ccccc1)n2-c1cccc(C(=O)O)c1. The van der Waals surface area contributed by atoms with Crippen LogP contribution in [-0.2, 0) is 0 Å². The van der Waals surface area contributed by atoms with Crippen molar-refractivity contribution in [2.45, 2.75) is 0 Å². The Kier molecular flexibility index (Phi) is 3.89. The Morgan fingerprint density at radius 3 is 2.54 bits per heavy atom. The van der Waals surface area contributed by atoms with Gasteiger partial charge in [-0.3, -0.25) is 4.57 Å². The molecule has 5 heteroatoms. The van der Waals surface area contributed by atoms with Crippen molar-refractivity contribution in [3.05, 3.63) is 78.4 Å². The van der Waals surface area contributed by atoms with Crippen LogP contribution in [0.2, 0.25) is 0 Å². The Bertz CT molecular complexity index is 1100. The first-order valence-corrected chi connectivity index (χ1v) is 8.13. The number of nitrogens with zero attached hydrogens (tertiary/aromatic N) is 2. The van der Waals surface area contributed by atoms with Crippen molar-refractivity contribution < 1.29 is 14.6 Å². The standard InChI is InChI=1S/C21H16N2O3/c1-26-17-10-11-19-18(13-17)22-20(14-6-3-2-4-7-14)23(19)16-9-5-8-15(12-16)21(24)25/h2-13H,1H3,(H,24,25). The fraction of sp³-hybridized carbons (Fsp3) is 0.0476. The number of fused-ring (bicyclic) bond motifs is 1. The van der Waals surface area contributed by atoms with Crippen LogP contribution in [0.15, 0.2) is 72.8 Å². The number of aromatic carboxylic acids is 1. The van der Waals surface area contributed by atoms with E-state index in [4.69, 9.17) is 9.72 Å². The van der Waals surface area contributed by atoms with Gasteiger partial charge in [-0.1, -0.05) is 36.4 Å². The molecule has 26 heavy (non-hydrogen) atoms. The van der Waals surface area contributed by atoms with Crippen molar-refractivity contribution in [2.75, 3.05) is 7.11 Å². The lowest BCUT2D eigenvalue weighted by atomic mass is 10.1. The molecule has 1 aromatic heterocycles. The van der Waals surface area contributed by atoms with Crippen LogP contribution in [0, 0.1) is 0 Å². The first-order valence-electron chi connectivity index (χ1n) is 8.13. The fourth-order valence-corrected chi connectivity index (χ4v) is 3.01. The van der Waals surface area contributed by atoms with Gasteiger partial charge in [-0.05, 0) is 30.3 Å². The average molecular weight is 344 g/mol. The molecule has 3 aromatic carbocycles. The molecule has 128 valence electrons. The van der Waals surface area contributed by atoms with Crippen LogP contribution < -0.4 is 4.74 Å². The second-order valence-electron chi connectivity index (χ2n) is 5.85. The molecule has 0 atom stereocenters. The zero-order valence-electron chi connectivity index (χ0n) is 14.1. The number of ether oxygens (including phenoxy) is 1. The highest BCUT2D eigenvalue weighted by Gasteiger charge is 2.16. The topological polar surface area (TPSA) is 64.4 Å². The minimum atomic E-state index is -0.959. The van der Waals surface area contributed by atoms with Gasteiger partial charge in [-0.25, -0.2) is 9.78 Å². The maximum absolute atomic E-state index is 11.4. The van der Waals surface area contributed by atoms with E-state index < -0.39 is 5.97 Å². The van der Waals surface area contributed by atoms with Crippen LogP contribution in [0.5, 0.6) is 5.75 Å². The molecule has 1 heterocycles. The van der Waals surface area contributed by atoms with Gasteiger partial charge in [0.25, 0.3) is 0 Å². The van der Waals surface area contributed by atoms with Gasteiger partial charge in [0.1, 0.15) is 11.6 Å². The Hall–Kier alpha value is -3.60. The number of aromatic nitrogens is 2. The van der Waals surface area contributed by atoms with Gasteiger partial charge in [-0.15, -0.1) is 0 Å². The molecule has 0 saturated heterocycles. The third-order valence-electron chi connectivity index (χ3n) is 4.24. The average Bonchev–Trinajstić information content (AvgIpc) is 3.07. The van der Waals surface area contributed by atoms with Gasteiger partial charge in [0.15, 0.2) is 0 Å². The number of hydrogen-bond donors (Lipinski definition) is 1. The maximum Gasteiger partial charge on any atom is 0.335 e. The van der Waals surface area contributed by atoms with Crippen LogP contribution in [0.3, 0.4) is 0 Å². The molecule has 0 bridgehead atoms. The van der Waals surface area contributed by atoms with E-state index in [1.165, 1.54) is 0 Å². The molecule has 0 fully saturated rings. The van der Waals surface area contributed by atoms with E-state index >= 15 is 0 Å². The number of carboxylic acid groups (broad SMARTS) is 1. The highest BCUT2D eigenvalue weighted by atomic mass is 16.5. The first kappa shape index (κ1) is 15.9. The molecule has 0 saturated carbocycles. The molecule has 4 aromatic rings. The minimum absolute atomic E-state index is 0.233. The predicted octanol–water partition coefficient (Wildman–Crippen LogP) is 4.40. The number of hydrogen-bond acceptors (Lipinski definition) is 3. The zero-order chi connectivity index (χ0) is 18.1. The summed E-state index contributed by atoms with van der Waals surface area (Å²) in [7, 11) is 1.62. The monoisotopic (exact) mass is 344 g/mol. The lowest BCUT2D eigenvalue weighted by molar-refractivity contribution is 0.0697. The van der Waals surface area contributed by atoms with Gasteiger partial charge in [0.2, 0.25) is 0 Å². The van der Waals surface area contributed by atoms with E-state index in [1.807, 2.05) is 59.2 Å². The molecule has 0 aliphatic heterocycles. The summed E-state index contributed by atoms with van der Waals surface area (Å²) in [5.74, 6) is 0.511. The van der Waals surface area contributed by atoms with Gasteiger partial charge in [0, 0.05) is 17.3 Å². The normalized spacial score (nSPS) is 10.8. The van der Waals surface area contributed by atoms with Gasteiger partial charge < -0.3 is 9.84 Å². The largest absolute Gasteiger partial charge is 0.497 e. The molecule has 5 nitrogen and oxygen atoms in total. The van der Waals surface area contributed by atoms with E-state index in [2.05, 4.69) is 0 Å². The van der Waals surface area contributed by atoms with E-state index in [0.29, 0.717) is 0 Å². The van der Waals surface area contributed by atoms with E-state index in [0.717, 1.165) is 33.9 Å². The summed E-state index contributed by atoms with van der Waals surface area (Å²) >= 11 is 0. The number of imidazole rings is 1. The van der Waals surface area contributed by atoms with E-state index in [1.54, 1.807) is 25.3 Å². The van der Waals surface area contributed by atoms with Crippen molar-refractivity contribution in [1.29, 1.82) is 0 Å². The van der Waals surface area contributed by atoms with Crippen LogP contribution >= 0.6 is 0 Å². The second-order valence-corrected chi connectivity index (χ2v) is 5.85. The molecule has 0 unspecified atom stereocenters. The van der Waals surface area contributed by atoms with E-state index in [-0.39, 0.29) is 5.56 Å². The summed E-state index contributed by atoms with van der Waals surface area (Å²) < 4.78 is 7.28. The molecule has 0 radical (unpaired) electrons. The molecule has 1 N–H and O–H groups in total. The van der Waals surface area contributed by atoms with Gasteiger partial charge >= 0.3 is 5.97 Å². The third kappa shape index (κ3) is 2.69. The van der Waals surface area contributed by atoms with Crippen molar-refractivity contribution in [1.82, 2.24) is 9.55 Å². The van der Waals surface area contributed by atoms with Crippen molar-refractivity contribution in [3.8, 4) is 22.8 Å². The lowest BCUT2D eigenvalue weighted by Gasteiger charge is -2.10. The predicted molar refractivity (Wildman–Crippen MR) is 100 cm³/mol. The molecule has 0 spiro atoms. The van der Waals surface area contributed by atoms with Crippen LogP contribution in [-0.4, -0.2) is 27.7 Å². The summed E-state index contributed by atoms with van der Waals surface area (Å²) in [5, 5.41) is 9.33. The number of carboxylic acids is 1. The molecular weight excluding hydrogens is 328 g/mol. The highest BCUT2D eigenvalue weighted by molar-refractivity contribution is 5.89. The molecule has 0 amide bonds. The third-order valence-corrected chi connectivity index (χ3v) is 4.24. The molecule has 4 rings (SSSR count). The quantitative estimate of drug-likeness (QED) is 0.596. The summed E-state index contributed by atoms with van der Waals surface area (Å²) in [6.45, 7) is 0. The Morgan fingerprint density at radius 1 is 1.00 bits per heavy atom. The smallest absolute Gasteiger partial charge is 0.335 e. The number of benzene rings is 3. The summed E-state index contributed by atoms with van der Waals surface area (Å²) in [6.07, 6.45) is 0. The summed E-state index contributed by atoms with van der Waals surface area (Å²) in [4.78, 5) is 16.2. The number of rotatable bonds is 4. The van der Waals surface area contributed by atoms with Gasteiger partial charge in [0.05, 0.1) is 23.7 Å².